The van der Waals surface area contributed by atoms with Crippen LogP contribution < -0.4 is 19.1 Å². The van der Waals surface area contributed by atoms with E-state index < -0.39 is 22.0 Å². The maximum atomic E-state index is 13.0. The van der Waals surface area contributed by atoms with Crippen molar-refractivity contribution in [3.8, 4) is 11.5 Å². The highest BCUT2D eigenvalue weighted by molar-refractivity contribution is 7.92. The summed E-state index contributed by atoms with van der Waals surface area (Å²) in [6.07, 6.45) is 1.06. The highest BCUT2D eigenvalue weighted by atomic mass is 32.2. The Bertz CT molecular complexity index is 1090. The molecule has 3 rings (SSSR count). The number of sulfonamides is 1. The summed E-state index contributed by atoms with van der Waals surface area (Å²) in [6.45, 7) is 5.92. The van der Waals surface area contributed by atoms with Crippen molar-refractivity contribution in [3.05, 3.63) is 53.6 Å². The zero-order valence-electron chi connectivity index (χ0n) is 20.1. The van der Waals surface area contributed by atoms with Crippen molar-refractivity contribution in [2.24, 2.45) is 0 Å². The molecule has 0 spiro atoms. The highest BCUT2D eigenvalue weighted by Gasteiger charge is 2.31. The zero-order chi connectivity index (χ0) is 24.7. The van der Waals surface area contributed by atoms with Gasteiger partial charge in [0.15, 0.2) is 0 Å². The van der Waals surface area contributed by atoms with Crippen molar-refractivity contribution in [1.29, 1.82) is 0 Å². The fraction of sp³-hybridized carbons (Fsp3) is 0.458. The second-order valence-corrected chi connectivity index (χ2v) is 10.1. The standard InChI is InChI=1S/C24H33N3O6S/c1-18(27(34(4,29)30)22-15-21(31-2)8-9-23(22)32-3)24(28)25-16-19-6-5-7-20(14-19)17-26-10-12-33-13-11-26/h5-9,14-15,18H,10-13,16-17H2,1-4H3,(H,25,28)/t18-/m1/s1. The number of amides is 1. The molecule has 0 bridgehead atoms. The van der Waals surface area contributed by atoms with Gasteiger partial charge in [0.2, 0.25) is 15.9 Å². The molecule has 10 heteroatoms. The number of morpholine rings is 1. The van der Waals surface area contributed by atoms with E-state index in [9.17, 15) is 13.2 Å². The number of ether oxygens (including phenoxy) is 3. The molecule has 1 heterocycles. The van der Waals surface area contributed by atoms with Crippen molar-refractivity contribution >= 4 is 21.6 Å². The molecule has 0 aliphatic carbocycles. The fourth-order valence-corrected chi connectivity index (χ4v) is 5.11. The summed E-state index contributed by atoms with van der Waals surface area (Å²) in [6, 6.07) is 11.8. The predicted octanol–water partition coefficient (Wildman–Crippen LogP) is 2.01. The summed E-state index contributed by atoms with van der Waals surface area (Å²) in [5.41, 5.74) is 2.33. The summed E-state index contributed by atoms with van der Waals surface area (Å²) in [5, 5.41) is 2.87. The lowest BCUT2D eigenvalue weighted by molar-refractivity contribution is -0.122. The van der Waals surface area contributed by atoms with E-state index in [2.05, 4.69) is 22.3 Å². The van der Waals surface area contributed by atoms with Gasteiger partial charge in [-0.2, -0.15) is 0 Å². The first kappa shape index (κ1) is 25.8. The van der Waals surface area contributed by atoms with E-state index in [1.54, 1.807) is 25.1 Å². The van der Waals surface area contributed by atoms with Crippen LogP contribution in [-0.4, -0.2) is 72.0 Å². The lowest BCUT2D eigenvalue weighted by atomic mass is 10.1. The van der Waals surface area contributed by atoms with Crippen molar-refractivity contribution in [2.75, 3.05) is 51.1 Å². The molecule has 1 amide bonds. The monoisotopic (exact) mass is 491 g/mol. The lowest BCUT2D eigenvalue weighted by Gasteiger charge is -2.29. The van der Waals surface area contributed by atoms with Crippen molar-refractivity contribution < 1.29 is 27.4 Å². The molecule has 0 radical (unpaired) electrons. The molecule has 1 aliphatic heterocycles. The number of nitrogens with one attached hydrogen (secondary N) is 1. The number of rotatable bonds is 10. The maximum Gasteiger partial charge on any atom is 0.243 e. The third-order valence-electron chi connectivity index (χ3n) is 5.68. The number of anilines is 1. The number of hydrogen-bond donors (Lipinski definition) is 1. The molecular formula is C24H33N3O6S. The van der Waals surface area contributed by atoms with Crippen molar-refractivity contribution in [2.45, 2.75) is 26.1 Å². The van der Waals surface area contributed by atoms with E-state index in [0.717, 1.165) is 54.5 Å². The van der Waals surface area contributed by atoms with E-state index in [0.29, 0.717) is 11.5 Å². The maximum absolute atomic E-state index is 13.0. The minimum Gasteiger partial charge on any atom is -0.497 e. The molecule has 1 atom stereocenters. The van der Waals surface area contributed by atoms with Crippen LogP contribution in [0.1, 0.15) is 18.1 Å². The number of hydrogen-bond acceptors (Lipinski definition) is 7. The molecule has 34 heavy (non-hydrogen) atoms. The van der Waals surface area contributed by atoms with E-state index >= 15 is 0 Å². The minimum atomic E-state index is -3.80. The SMILES string of the molecule is COc1ccc(OC)c(N([C@H](C)C(=O)NCc2cccc(CN3CCOCC3)c2)S(C)(=O)=O)c1. The smallest absolute Gasteiger partial charge is 0.243 e. The summed E-state index contributed by atoms with van der Waals surface area (Å²) in [4.78, 5) is 15.4. The first-order valence-electron chi connectivity index (χ1n) is 11.1. The van der Waals surface area contributed by atoms with Gasteiger partial charge in [0, 0.05) is 32.2 Å². The van der Waals surface area contributed by atoms with Crippen molar-refractivity contribution in [1.82, 2.24) is 10.2 Å². The van der Waals surface area contributed by atoms with Gasteiger partial charge in [-0.3, -0.25) is 14.0 Å². The Kier molecular flexibility index (Phi) is 8.76. The second kappa shape index (κ2) is 11.5. The largest absolute Gasteiger partial charge is 0.497 e. The van der Waals surface area contributed by atoms with E-state index in [1.165, 1.54) is 14.2 Å². The van der Waals surface area contributed by atoms with E-state index in [1.807, 2.05) is 12.1 Å². The number of nitrogens with zero attached hydrogens (tertiary/aromatic N) is 2. The Morgan fingerprint density at radius 3 is 2.47 bits per heavy atom. The average molecular weight is 492 g/mol. The van der Waals surface area contributed by atoms with E-state index in [4.69, 9.17) is 14.2 Å². The Hall–Kier alpha value is -2.82. The summed E-state index contributed by atoms with van der Waals surface area (Å²) in [7, 11) is -0.874. The van der Waals surface area contributed by atoms with Gasteiger partial charge in [-0.1, -0.05) is 24.3 Å². The minimum absolute atomic E-state index is 0.236. The molecule has 1 saturated heterocycles. The molecule has 186 valence electrons. The van der Waals surface area contributed by atoms with Crippen LogP contribution in [0.5, 0.6) is 11.5 Å². The Labute approximate surface area is 201 Å². The number of carbonyl (C=O) groups excluding carboxylic acids is 1. The molecule has 1 aliphatic rings. The van der Waals surface area contributed by atoms with Crippen LogP contribution in [0.4, 0.5) is 5.69 Å². The van der Waals surface area contributed by atoms with Gasteiger partial charge < -0.3 is 19.5 Å². The predicted molar refractivity (Wildman–Crippen MR) is 131 cm³/mol. The van der Waals surface area contributed by atoms with Gasteiger partial charge in [-0.25, -0.2) is 8.42 Å². The molecule has 1 N–H and O–H groups in total. The van der Waals surface area contributed by atoms with Gasteiger partial charge in [-0.05, 0) is 30.2 Å². The van der Waals surface area contributed by atoms with Crippen LogP contribution in [0.15, 0.2) is 42.5 Å². The Morgan fingerprint density at radius 2 is 1.82 bits per heavy atom. The van der Waals surface area contributed by atoms with Crippen molar-refractivity contribution in [3.63, 3.8) is 0 Å². The third kappa shape index (κ3) is 6.62. The number of methoxy groups -OCH3 is 2. The third-order valence-corrected chi connectivity index (χ3v) is 6.91. The topological polar surface area (TPSA) is 97.4 Å². The normalized spacial score (nSPS) is 15.4. The van der Waals surface area contributed by atoms with Crippen LogP contribution in [0.3, 0.4) is 0 Å². The van der Waals surface area contributed by atoms with Gasteiger partial charge in [0.25, 0.3) is 0 Å². The van der Waals surface area contributed by atoms with Crippen LogP contribution in [-0.2, 0) is 32.6 Å². The molecule has 2 aromatic rings. The molecule has 0 aromatic heterocycles. The molecular weight excluding hydrogens is 458 g/mol. The van der Waals surface area contributed by atoms with Gasteiger partial charge >= 0.3 is 0 Å². The average Bonchev–Trinajstić information content (AvgIpc) is 2.82. The van der Waals surface area contributed by atoms with E-state index in [-0.39, 0.29) is 12.2 Å². The molecule has 0 unspecified atom stereocenters. The second-order valence-electron chi connectivity index (χ2n) is 8.20. The van der Waals surface area contributed by atoms with Gasteiger partial charge in [-0.15, -0.1) is 0 Å². The first-order valence-corrected chi connectivity index (χ1v) is 12.9. The Morgan fingerprint density at radius 1 is 1.12 bits per heavy atom. The summed E-state index contributed by atoms with van der Waals surface area (Å²) < 4.78 is 42.4. The Balaban J connectivity index is 1.73. The molecule has 2 aromatic carbocycles. The zero-order valence-corrected chi connectivity index (χ0v) is 20.9. The van der Waals surface area contributed by atoms with Crippen LogP contribution in [0, 0.1) is 0 Å². The molecule has 9 nitrogen and oxygen atoms in total. The summed E-state index contributed by atoms with van der Waals surface area (Å²) in [5.74, 6) is 0.352. The fourth-order valence-electron chi connectivity index (χ4n) is 3.94. The van der Waals surface area contributed by atoms with Gasteiger partial charge in [0.1, 0.15) is 17.5 Å². The first-order chi connectivity index (χ1) is 16.2. The van der Waals surface area contributed by atoms with Crippen LogP contribution in [0.2, 0.25) is 0 Å². The lowest BCUT2D eigenvalue weighted by Crippen LogP contribution is -2.47. The summed E-state index contributed by atoms with van der Waals surface area (Å²) >= 11 is 0. The van der Waals surface area contributed by atoms with Gasteiger partial charge in [0.05, 0.1) is 39.4 Å². The number of carbonyl (C=O) groups is 1. The van der Waals surface area contributed by atoms with Crippen LogP contribution in [0.25, 0.3) is 0 Å². The highest BCUT2D eigenvalue weighted by Crippen LogP contribution is 2.35. The molecule has 0 saturated carbocycles. The quantitative estimate of drug-likeness (QED) is 0.543. The van der Waals surface area contributed by atoms with Crippen LogP contribution >= 0.6 is 0 Å². The molecule has 1 fully saturated rings. The number of benzene rings is 2.